The van der Waals surface area contributed by atoms with E-state index in [9.17, 15) is 4.79 Å². The predicted octanol–water partition coefficient (Wildman–Crippen LogP) is 2.18. The van der Waals surface area contributed by atoms with Gasteiger partial charge in [-0.2, -0.15) is 0 Å². The van der Waals surface area contributed by atoms with Crippen molar-refractivity contribution in [3.05, 3.63) is 34.4 Å². The second kappa shape index (κ2) is 5.21. The molecule has 2 rings (SSSR count). The zero-order valence-electron chi connectivity index (χ0n) is 9.33. The molecule has 1 heterocycles. The Labute approximate surface area is 104 Å². The number of fused-ring (bicyclic) bond motifs is 1. The molecule has 0 saturated carbocycles. The first-order valence-corrected chi connectivity index (χ1v) is 5.63. The Hall–Kier alpha value is -1.52. The number of benzene rings is 1. The van der Waals surface area contributed by atoms with Crippen molar-refractivity contribution in [3.63, 3.8) is 0 Å². The van der Waals surface area contributed by atoms with Crippen molar-refractivity contribution in [2.24, 2.45) is 0 Å². The standard InChI is InChI=1S/C12H12ClNO3/c1-2-17-14-12(15)9-5-8-6-10(13)3-4-11(8)16-7-9/h3-6H,2,7H2,1H3,(H,14,15). The van der Waals surface area contributed by atoms with Crippen LogP contribution in [-0.4, -0.2) is 19.1 Å². The minimum atomic E-state index is -0.294. The van der Waals surface area contributed by atoms with Crippen molar-refractivity contribution in [2.45, 2.75) is 6.92 Å². The summed E-state index contributed by atoms with van der Waals surface area (Å²) in [6.45, 7) is 2.44. The molecule has 90 valence electrons. The van der Waals surface area contributed by atoms with E-state index in [4.69, 9.17) is 21.2 Å². The van der Waals surface area contributed by atoms with Crippen LogP contribution in [0.3, 0.4) is 0 Å². The average Bonchev–Trinajstić information content (AvgIpc) is 2.35. The van der Waals surface area contributed by atoms with Crippen molar-refractivity contribution < 1.29 is 14.4 Å². The summed E-state index contributed by atoms with van der Waals surface area (Å²) in [7, 11) is 0. The molecule has 17 heavy (non-hydrogen) atoms. The molecule has 1 aliphatic rings. The van der Waals surface area contributed by atoms with Crippen LogP contribution in [0.1, 0.15) is 12.5 Å². The maximum atomic E-state index is 11.6. The average molecular weight is 254 g/mol. The molecule has 0 aliphatic carbocycles. The third-order valence-electron chi connectivity index (χ3n) is 2.29. The van der Waals surface area contributed by atoms with Gasteiger partial charge in [0.15, 0.2) is 0 Å². The Kier molecular flexibility index (Phi) is 3.66. The van der Waals surface area contributed by atoms with Gasteiger partial charge < -0.3 is 4.74 Å². The molecular formula is C12H12ClNO3. The first-order chi connectivity index (χ1) is 8.20. The zero-order valence-corrected chi connectivity index (χ0v) is 10.1. The van der Waals surface area contributed by atoms with Gasteiger partial charge in [-0.25, -0.2) is 5.48 Å². The predicted molar refractivity (Wildman–Crippen MR) is 64.7 cm³/mol. The lowest BCUT2D eigenvalue weighted by Gasteiger charge is -2.17. The lowest BCUT2D eigenvalue weighted by atomic mass is 10.1. The molecule has 1 N–H and O–H groups in total. The normalized spacial score (nSPS) is 13.4. The highest BCUT2D eigenvalue weighted by atomic mass is 35.5. The molecule has 4 nitrogen and oxygen atoms in total. The van der Waals surface area contributed by atoms with E-state index in [1.807, 2.05) is 0 Å². The van der Waals surface area contributed by atoms with E-state index in [1.165, 1.54) is 0 Å². The summed E-state index contributed by atoms with van der Waals surface area (Å²) in [5.74, 6) is 0.430. The van der Waals surface area contributed by atoms with Crippen LogP contribution in [0.15, 0.2) is 23.8 Å². The summed E-state index contributed by atoms with van der Waals surface area (Å²) in [6.07, 6.45) is 1.75. The second-order valence-electron chi connectivity index (χ2n) is 3.50. The van der Waals surface area contributed by atoms with E-state index < -0.39 is 0 Å². The number of halogens is 1. The highest BCUT2D eigenvalue weighted by Gasteiger charge is 2.17. The summed E-state index contributed by atoms with van der Waals surface area (Å²) >= 11 is 5.88. The van der Waals surface area contributed by atoms with E-state index in [-0.39, 0.29) is 12.5 Å². The molecule has 0 radical (unpaired) electrons. The van der Waals surface area contributed by atoms with Gasteiger partial charge in [0.05, 0.1) is 12.2 Å². The number of carbonyl (C=O) groups excluding carboxylic acids is 1. The Morgan fingerprint density at radius 1 is 1.59 bits per heavy atom. The van der Waals surface area contributed by atoms with Gasteiger partial charge in [0.2, 0.25) is 0 Å². The van der Waals surface area contributed by atoms with Gasteiger partial charge >= 0.3 is 0 Å². The quantitative estimate of drug-likeness (QED) is 0.840. The van der Waals surface area contributed by atoms with Crippen molar-refractivity contribution in [1.29, 1.82) is 0 Å². The zero-order chi connectivity index (χ0) is 12.3. The first-order valence-electron chi connectivity index (χ1n) is 5.25. The molecule has 0 unspecified atom stereocenters. The minimum Gasteiger partial charge on any atom is -0.488 e. The molecule has 1 aromatic carbocycles. The molecular weight excluding hydrogens is 242 g/mol. The summed E-state index contributed by atoms with van der Waals surface area (Å²) in [4.78, 5) is 16.5. The summed E-state index contributed by atoms with van der Waals surface area (Å²) < 4.78 is 5.45. The van der Waals surface area contributed by atoms with Gasteiger partial charge in [-0.05, 0) is 31.2 Å². The summed E-state index contributed by atoms with van der Waals surface area (Å²) in [6, 6.07) is 5.29. The van der Waals surface area contributed by atoms with Crippen LogP contribution in [0, 0.1) is 0 Å². The molecule has 0 bridgehead atoms. The van der Waals surface area contributed by atoms with Crippen LogP contribution in [0.5, 0.6) is 5.75 Å². The maximum Gasteiger partial charge on any atom is 0.274 e. The Balaban J connectivity index is 2.19. The van der Waals surface area contributed by atoms with Crippen molar-refractivity contribution in [1.82, 2.24) is 5.48 Å². The van der Waals surface area contributed by atoms with Crippen LogP contribution >= 0.6 is 11.6 Å². The van der Waals surface area contributed by atoms with E-state index in [1.54, 1.807) is 31.2 Å². The third kappa shape index (κ3) is 2.78. The smallest absolute Gasteiger partial charge is 0.274 e. The fourth-order valence-electron chi connectivity index (χ4n) is 1.48. The fraction of sp³-hybridized carbons (Fsp3) is 0.250. The van der Waals surface area contributed by atoms with Gasteiger partial charge in [-0.1, -0.05) is 11.6 Å². The number of rotatable bonds is 3. The molecule has 5 heteroatoms. The minimum absolute atomic E-state index is 0.230. The number of hydrogen-bond acceptors (Lipinski definition) is 3. The topological polar surface area (TPSA) is 47.6 Å². The number of ether oxygens (including phenoxy) is 1. The fourth-order valence-corrected chi connectivity index (χ4v) is 1.66. The van der Waals surface area contributed by atoms with Crippen molar-refractivity contribution >= 4 is 23.6 Å². The van der Waals surface area contributed by atoms with E-state index in [0.29, 0.717) is 17.2 Å². The SMILES string of the molecule is CCONC(=O)C1=Cc2cc(Cl)ccc2OC1. The summed E-state index contributed by atoms with van der Waals surface area (Å²) in [5.41, 5.74) is 3.63. The van der Waals surface area contributed by atoms with Crippen molar-refractivity contribution in [3.8, 4) is 5.75 Å². The van der Waals surface area contributed by atoms with Gasteiger partial charge in [0.25, 0.3) is 5.91 Å². The maximum absolute atomic E-state index is 11.6. The first kappa shape index (κ1) is 12.0. The Morgan fingerprint density at radius 2 is 2.41 bits per heavy atom. The molecule has 0 spiro atoms. The molecule has 0 atom stereocenters. The number of hydroxylamine groups is 1. The third-order valence-corrected chi connectivity index (χ3v) is 2.52. The number of carbonyl (C=O) groups is 1. The largest absolute Gasteiger partial charge is 0.488 e. The van der Waals surface area contributed by atoms with E-state index in [0.717, 1.165) is 11.3 Å². The molecule has 1 amide bonds. The lowest BCUT2D eigenvalue weighted by molar-refractivity contribution is -0.129. The monoisotopic (exact) mass is 253 g/mol. The van der Waals surface area contributed by atoms with Gasteiger partial charge in [0, 0.05) is 10.6 Å². The summed E-state index contributed by atoms with van der Waals surface area (Å²) in [5, 5.41) is 0.607. The number of nitrogens with one attached hydrogen (secondary N) is 1. The molecule has 0 saturated heterocycles. The molecule has 0 fully saturated rings. The van der Waals surface area contributed by atoms with Crippen LogP contribution in [0.4, 0.5) is 0 Å². The van der Waals surface area contributed by atoms with Crippen LogP contribution in [0.25, 0.3) is 6.08 Å². The lowest BCUT2D eigenvalue weighted by Crippen LogP contribution is -2.28. The highest BCUT2D eigenvalue weighted by molar-refractivity contribution is 6.30. The molecule has 1 aliphatic heterocycles. The van der Waals surface area contributed by atoms with Crippen LogP contribution in [-0.2, 0) is 9.63 Å². The van der Waals surface area contributed by atoms with Crippen molar-refractivity contribution in [2.75, 3.05) is 13.2 Å². The van der Waals surface area contributed by atoms with Gasteiger partial charge in [0.1, 0.15) is 12.4 Å². The van der Waals surface area contributed by atoms with Gasteiger partial charge in [-0.3, -0.25) is 9.63 Å². The number of hydrogen-bond donors (Lipinski definition) is 1. The Morgan fingerprint density at radius 3 is 3.18 bits per heavy atom. The van der Waals surface area contributed by atoms with E-state index >= 15 is 0 Å². The molecule has 1 aromatic rings. The number of amides is 1. The second-order valence-corrected chi connectivity index (χ2v) is 3.94. The molecule has 0 aromatic heterocycles. The van der Waals surface area contributed by atoms with Crippen LogP contribution in [0.2, 0.25) is 5.02 Å². The van der Waals surface area contributed by atoms with E-state index in [2.05, 4.69) is 5.48 Å². The van der Waals surface area contributed by atoms with Gasteiger partial charge in [-0.15, -0.1) is 0 Å². The Bertz CT molecular complexity index is 471. The highest BCUT2D eigenvalue weighted by Crippen LogP contribution is 2.28. The van der Waals surface area contributed by atoms with Crippen LogP contribution < -0.4 is 10.2 Å².